The molecular formula is C6H2BrNOS2. The first-order chi connectivity index (χ1) is 5.29. The molecule has 0 unspecified atom stereocenters. The molecule has 0 atom stereocenters. The zero-order chi connectivity index (χ0) is 7.84. The standard InChI is InChI=1S/C6H2BrNOS2/c7-4-1-3-6(10-4)11-5(2-9)8-3/h1-2H. The summed E-state index contributed by atoms with van der Waals surface area (Å²) < 4.78 is 2.16. The third-order valence-electron chi connectivity index (χ3n) is 1.18. The van der Waals surface area contributed by atoms with E-state index in [1.54, 1.807) is 11.3 Å². The molecule has 11 heavy (non-hydrogen) atoms. The van der Waals surface area contributed by atoms with Crippen molar-refractivity contribution in [2.75, 3.05) is 0 Å². The Hall–Kier alpha value is -0.260. The molecule has 0 radical (unpaired) electrons. The van der Waals surface area contributed by atoms with Crippen molar-refractivity contribution < 1.29 is 4.79 Å². The van der Waals surface area contributed by atoms with E-state index in [4.69, 9.17) is 0 Å². The van der Waals surface area contributed by atoms with E-state index in [-0.39, 0.29) is 0 Å². The monoisotopic (exact) mass is 247 g/mol. The van der Waals surface area contributed by atoms with Crippen molar-refractivity contribution in [3.05, 3.63) is 14.9 Å². The van der Waals surface area contributed by atoms with Gasteiger partial charge in [-0.15, -0.1) is 11.3 Å². The molecule has 0 saturated heterocycles. The smallest absolute Gasteiger partial charge is 0.178 e. The van der Waals surface area contributed by atoms with Crippen LogP contribution in [0, 0.1) is 0 Å². The SMILES string of the molecule is O=Cc1nc2cc(Br)sc2s1. The number of rotatable bonds is 1. The molecule has 2 aromatic heterocycles. The predicted octanol–water partition coefficient (Wildman–Crippen LogP) is 2.93. The molecule has 2 rings (SSSR count). The quantitative estimate of drug-likeness (QED) is 0.726. The molecule has 0 aliphatic rings. The molecule has 2 heterocycles. The van der Waals surface area contributed by atoms with Crippen molar-refractivity contribution >= 4 is 54.4 Å². The second kappa shape index (κ2) is 2.66. The summed E-state index contributed by atoms with van der Waals surface area (Å²) in [5.41, 5.74) is 0.911. The van der Waals surface area contributed by atoms with Gasteiger partial charge in [-0.1, -0.05) is 11.3 Å². The molecule has 0 aliphatic carbocycles. The van der Waals surface area contributed by atoms with E-state index in [2.05, 4.69) is 20.9 Å². The number of fused-ring (bicyclic) bond motifs is 1. The summed E-state index contributed by atoms with van der Waals surface area (Å²) in [5.74, 6) is 0. The van der Waals surface area contributed by atoms with Crippen LogP contribution < -0.4 is 0 Å². The molecule has 2 aromatic rings. The Balaban J connectivity index is 2.72. The average Bonchev–Trinajstić information content (AvgIpc) is 2.43. The zero-order valence-electron chi connectivity index (χ0n) is 5.20. The van der Waals surface area contributed by atoms with Crippen molar-refractivity contribution in [2.45, 2.75) is 0 Å². The lowest BCUT2D eigenvalue weighted by Gasteiger charge is -1.72. The van der Waals surface area contributed by atoms with Crippen LogP contribution in [-0.2, 0) is 0 Å². The van der Waals surface area contributed by atoms with Crippen LogP contribution in [0.2, 0.25) is 0 Å². The molecule has 0 fully saturated rings. The highest BCUT2D eigenvalue weighted by Crippen LogP contribution is 2.33. The van der Waals surface area contributed by atoms with Crippen LogP contribution in [0.15, 0.2) is 9.85 Å². The van der Waals surface area contributed by atoms with Crippen LogP contribution >= 0.6 is 38.6 Å². The van der Waals surface area contributed by atoms with E-state index < -0.39 is 0 Å². The number of aromatic nitrogens is 1. The van der Waals surface area contributed by atoms with Gasteiger partial charge in [0.15, 0.2) is 11.3 Å². The second-order valence-electron chi connectivity index (χ2n) is 1.89. The third-order valence-corrected chi connectivity index (χ3v) is 3.89. The summed E-state index contributed by atoms with van der Waals surface area (Å²) in [6, 6.07) is 1.92. The highest BCUT2D eigenvalue weighted by molar-refractivity contribution is 9.11. The maximum atomic E-state index is 10.3. The minimum atomic E-state index is 0.554. The van der Waals surface area contributed by atoms with Crippen LogP contribution in [0.25, 0.3) is 9.53 Å². The zero-order valence-corrected chi connectivity index (χ0v) is 8.42. The molecule has 56 valence electrons. The molecule has 0 N–H and O–H groups in total. The molecule has 2 nitrogen and oxygen atoms in total. The summed E-state index contributed by atoms with van der Waals surface area (Å²) in [7, 11) is 0. The maximum absolute atomic E-state index is 10.3. The van der Waals surface area contributed by atoms with Crippen LogP contribution in [0.1, 0.15) is 9.80 Å². The number of nitrogens with zero attached hydrogens (tertiary/aromatic N) is 1. The van der Waals surface area contributed by atoms with E-state index in [1.165, 1.54) is 11.3 Å². The van der Waals surface area contributed by atoms with Crippen LogP contribution in [0.4, 0.5) is 0 Å². The van der Waals surface area contributed by atoms with Gasteiger partial charge < -0.3 is 0 Å². The van der Waals surface area contributed by atoms with Gasteiger partial charge in [-0.05, 0) is 22.0 Å². The van der Waals surface area contributed by atoms with E-state index in [9.17, 15) is 4.79 Å². The fourth-order valence-electron chi connectivity index (χ4n) is 0.775. The molecule has 0 aliphatic heterocycles. The molecule has 0 aromatic carbocycles. The van der Waals surface area contributed by atoms with Gasteiger partial charge >= 0.3 is 0 Å². The van der Waals surface area contributed by atoms with Gasteiger partial charge in [0, 0.05) is 0 Å². The lowest BCUT2D eigenvalue weighted by Crippen LogP contribution is -1.71. The number of hydrogen-bond acceptors (Lipinski definition) is 4. The molecule has 0 amide bonds. The number of carbonyl (C=O) groups is 1. The predicted molar refractivity (Wildman–Crippen MR) is 50.6 cm³/mol. The van der Waals surface area contributed by atoms with Gasteiger partial charge in [-0.25, -0.2) is 4.98 Å². The molecular weight excluding hydrogens is 246 g/mol. The topological polar surface area (TPSA) is 30.0 Å². The number of aldehydes is 1. The molecule has 0 bridgehead atoms. The summed E-state index contributed by atoms with van der Waals surface area (Å²) in [4.78, 5) is 14.4. The Bertz CT molecular complexity index is 374. The Labute approximate surface area is 79.0 Å². The van der Waals surface area contributed by atoms with E-state index >= 15 is 0 Å². The number of halogens is 1. The van der Waals surface area contributed by atoms with E-state index in [0.717, 1.165) is 19.6 Å². The van der Waals surface area contributed by atoms with Gasteiger partial charge in [0.05, 0.1) is 9.30 Å². The van der Waals surface area contributed by atoms with Gasteiger partial charge in [-0.3, -0.25) is 4.79 Å². The third kappa shape index (κ3) is 1.23. The first-order valence-electron chi connectivity index (χ1n) is 2.80. The number of thiophene rings is 1. The highest BCUT2D eigenvalue weighted by Gasteiger charge is 2.05. The van der Waals surface area contributed by atoms with Crippen molar-refractivity contribution in [1.82, 2.24) is 4.98 Å². The Morgan fingerprint density at radius 2 is 2.36 bits per heavy atom. The lowest BCUT2D eigenvalue weighted by molar-refractivity contribution is 0.112. The Morgan fingerprint density at radius 3 is 3.00 bits per heavy atom. The summed E-state index contributed by atoms with van der Waals surface area (Å²) in [6.07, 6.45) is 0.783. The Kier molecular flexibility index (Phi) is 1.78. The normalized spacial score (nSPS) is 10.6. The Morgan fingerprint density at radius 1 is 1.55 bits per heavy atom. The largest absolute Gasteiger partial charge is 0.295 e. The fraction of sp³-hybridized carbons (Fsp3) is 0. The summed E-state index contributed by atoms with van der Waals surface area (Å²) >= 11 is 6.38. The van der Waals surface area contributed by atoms with Crippen molar-refractivity contribution in [3.63, 3.8) is 0 Å². The van der Waals surface area contributed by atoms with Crippen LogP contribution in [-0.4, -0.2) is 11.3 Å². The number of thiazole rings is 1. The number of carbonyl (C=O) groups excluding carboxylic acids is 1. The average molecular weight is 248 g/mol. The molecule has 0 saturated carbocycles. The second-order valence-corrected chi connectivity index (χ2v) is 5.61. The van der Waals surface area contributed by atoms with Crippen molar-refractivity contribution in [1.29, 1.82) is 0 Å². The van der Waals surface area contributed by atoms with Crippen LogP contribution in [0.3, 0.4) is 0 Å². The van der Waals surface area contributed by atoms with Gasteiger partial charge in [0.25, 0.3) is 0 Å². The first-order valence-corrected chi connectivity index (χ1v) is 5.23. The fourth-order valence-corrected chi connectivity index (χ4v) is 3.64. The molecule has 0 spiro atoms. The van der Waals surface area contributed by atoms with E-state index in [0.29, 0.717) is 5.01 Å². The maximum Gasteiger partial charge on any atom is 0.178 e. The summed E-state index contributed by atoms with van der Waals surface area (Å²) in [6.45, 7) is 0. The van der Waals surface area contributed by atoms with E-state index in [1.807, 2.05) is 6.07 Å². The van der Waals surface area contributed by atoms with Crippen LogP contribution in [0.5, 0.6) is 0 Å². The highest BCUT2D eigenvalue weighted by atomic mass is 79.9. The van der Waals surface area contributed by atoms with Gasteiger partial charge in [-0.2, -0.15) is 0 Å². The van der Waals surface area contributed by atoms with Crippen molar-refractivity contribution in [2.24, 2.45) is 0 Å². The minimum absolute atomic E-state index is 0.554. The lowest BCUT2D eigenvalue weighted by atomic mass is 10.6. The number of hydrogen-bond donors (Lipinski definition) is 0. The molecule has 5 heteroatoms. The van der Waals surface area contributed by atoms with Gasteiger partial charge in [0.1, 0.15) is 4.01 Å². The van der Waals surface area contributed by atoms with Gasteiger partial charge in [0.2, 0.25) is 0 Å². The first kappa shape index (κ1) is 7.39. The summed E-state index contributed by atoms with van der Waals surface area (Å²) in [5, 5.41) is 0.554. The van der Waals surface area contributed by atoms with Crippen molar-refractivity contribution in [3.8, 4) is 0 Å². The minimum Gasteiger partial charge on any atom is -0.295 e.